The number of nitrogens with zero attached hydrogens (tertiary/aromatic N) is 2. The van der Waals surface area contributed by atoms with Gasteiger partial charge in [0, 0.05) is 12.4 Å². The molecule has 2 aromatic rings. The van der Waals surface area contributed by atoms with E-state index in [1.807, 2.05) is 5.43 Å². The molecular weight excluding hydrogens is 204 g/mol. The SMILES string of the molecule is NNC(=O)c1cn2cccc(Cl)c2n1. The quantitative estimate of drug-likeness (QED) is 0.411. The van der Waals surface area contributed by atoms with E-state index in [1.54, 1.807) is 28.9 Å². The number of halogens is 1. The minimum atomic E-state index is -0.440. The first-order valence-corrected chi connectivity index (χ1v) is 4.24. The van der Waals surface area contributed by atoms with E-state index in [0.717, 1.165) is 0 Å². The number of nitrogens with one attached hydrogen (secondary N) is 1. The van der Waals surface area contributed by atoms with Crippen LogP contribution in [-0.2, 0) is 0 Å². The maximum absolute atomic E-state index is 11.1. The monoisotopic (exact) mass is 210 g/mol. The highest BCUT2D eigenvalue weighted by Crippen LogP contribution is 2.15. The van der Waals surface area contributed by atoms with Gasteiger partial charge in [0.1, 0.15) is 5.69 Å². The number of hydrogen-bond donors (Lipinski definition) is 2. The lowest BCUT2D eigenvalue weighted by atomic mass is 10.5. The van der Waals surface area contributed by atoms with Gasteiger partial charge in [0.15, 0.2) is 5.65 Å². The maximum Gasteiger partial charge on any atom is 0.285 e. The predicted molar refractivity (Wildman–Crippen MR) is 51.9 cm³/mol. The predicted octanol–water partition coefficient (Wildman–Crippen LogP) is 0.591. The van der Waals surface area contributed by atoms with Crippen molar-refractivity contribution >= 4 is 23.2 Å². The molecule has 0 spiro atoms. The van der Waals surface area contributed by atoms with Gasteiger partial charge in [-0.25, -0.2) is 10.8 Å². The average molecular weight is 211 g/mol. The molecule has 0 radical (unpaired) electrons. The first-order valence-electron chi connectivity index (χ1n) is 3.86. The first-order chi connectivity index (χ1) is 6.72. The number of carbonyl (C=O) groups is 1. The van der Waals surface area contributed by atoms with Crippen molar-refractivity contribution in [2.24, 2.45) is 5.84 Å². The number of fused-ring (bicyclic) bond motifs is 1. The second-order valence-corrected chi connectivity index (χ2v) is 3.09. The molecular formula is C8H7ClN4O. The average Bonchev–Trinajstić information content (AvgIpc) is 2.62. The van der Waals surface area contributed by atoms with Crippen LogP contribution in [0.4, 0.5) is 0 Å². The van der Waals surface area contributed by atoms with Crippen LogP contribution in [0.5, 0.6) is 0 Å². The van der Waals surface area contributed by atoms with Gasteiger partial charge < -0.3 is 4.40 Å². The summed E-state index contributed by atoms with van der Waals surface area (Å²) in [5.74, 6) is 4.54. The number of carbonyl (C=O) groups excluding carboxylic acids is 1. The van der Waals surface area contributed by atoms with Crippen molar-refractivity contribution in [1.82, 2.24) is 14.8 Å². The Bertz CT molecular complexity index is 493. The molecule has 1 amide bonds. The van der Waals surface area contributed by atoms with Gasteiger partial charge in [-0.3, -0.25) is 10.2 Å². The van der Waals surface area contributed by atoms with Gasteiger partial charge in [-0.1, -0.05) is 11.6 Å². The second kappa shape index (κ2) is 3.28. The summed E-state index contributed by atoms with van der Waals surface area (Å²) in [7, 11) is 0. The van der Waals surface area contributed by atoms with E-state index in [9.17, 15) is 4.79 Å². The molecule has 0 aliphatic heterocycles. The molecule has 2 rings (SSSR count). The third kappa shape index (κ3) is 1.32. The molecule has 0 unspecified atom stereocenters. The van der Waals surface area contributed by atoms with Crippen LogP contribution in [0, 0.1) is 0 Å². The molecule has 3 N–H and O–H groups in total. The smallest absolute Gasteiger partial charge is 0.285 e. The van der Waals surface area contributed by atoms with Crippen LogP contribution in [0.3, 0.4) is 0 Å². The summed E-state index contributed by atoms with van der Waals surface area (Å²) >= 11 is 5.87. The molecule has 0 atom stereocenters. The number of pyridine rings is 1. The van der Waals surface area contributed by atoms with Crippen LogP contribution < -0.4 is 11.3 Å². The minimum absolute atomic E-state index is 0.237. The molecule has 72 valence electrons. The number of nitrogen functional groups attached to an aromatic ring is 1. The molecule has 0 aromatic carbocycles. The van der Waals surface area contributed by atoms with E-state index in [4.69, 9.17) is 17.4 Å². The van der Waals surface area contributed by atoms with Crippen molar-refractivity contribution in [1.29, 1.82) is 0 Å². The first kappa shape index (κ1) is 8.98. The zero-order chi connectivity index (χ0) is 10.1. The number of nitrogens with two attached hydrogens (primary N) is 1. The van der Waals surface area contributed by atoms with Crippen LogP contribution in [0.1, 0.15) is 10.5 Å². The summed E-state index contributed by atoms with van der Waals surface area (Å²) in [5.41, 5.74) is 2.78. The van der Waals surface area contributed by atoms with Gasteiger partial charge in [-0.2, -0.15) is 0 Å². The zero-order valence-electron chi connectivity index (χ0n) is 7.07. The molecule has 0 saturated heterocycles. The van der Waals surface area contributed by atoms with Crippen molar-refractivity contribution in [3.05, 3.63) is 35.2 Å². The molecule has 5 nitrogen and oxygen atoms in total. The van der Waals surface area contributed by atoms with E-state index in [1.165, 1.54) is 0 Å². The number of hydrogen-bond acceptors (Lipinski definition) is 3. The van der Waals surface area contributed by atoms with Crippen LogP contribution in [0.25, 0.3) is 5.65 Å². The van der Waals surface area contributed by atoms with Crippen molar-refractivity contribution < 1.29 is 4.79 Å². The Balaban J connectivity index is 2.62. The summed E-state index contributed by atoms with van der Waals surface area (Å²) in [6, 6.07) is 3.47. The largest absolute Gasteiger partial charge is 0.305 e. The zero-order valence-corrected chi connectivity index (χ0v) is 7.82. The Kier molecular flexibility index (Phi) is 2.11. The molecule has 0 aliphatic carbocycles. The highest BCUT2D eigenvalue weighted by molar-refractivity contribution is 6.33. The standard InChI is InChI=1S/C8H7ClN4O/c9-5-2-1-3-13-4-6(8(14)12-10)11-7(5)13/h1-4H,10H2,(H,12,14). The number of rotatable bonds is 1. The fraction of sp³-hybridized carbons (Fsp3) is 0. The van der Waals surface area contributed by atoms with Crippen LogP contribution in [0.15, 0.2) is 24.5 Å². The van der Waals surface area contributed by atoms with Crippen molar-refractivity contribution in [2.45, 2.75) is 0 Å². The van der Waals surface area contributed by atoms with Crippen molar-refractivity contribution in [2.75, 3.05) is 0 Å². The Morgan fingerprint density at radius 2 is 2.43 bits per heavy atom. The number of amides is 1. The topological polar surface area (TPSA) is 72.4 Å². The summed E-state index contributed by atoms with van der Waals surface area (Å²) < 4.78 is 1.66. The molecule has 0 aliphatic rings. The molecule has 6 heteroatoms. The lowest BCUT2D eigenvalue weighted by molar-refractivity contribution is 0.0949. The van der Waals surface area contributed by atoms with E-state index < -0.39 is 5.91 Å². The number of imidazole rings is 1. The Morgan fingerprint density at radius 3 is 3.07 bits per heavy atom. The van der Waals surface area contributed by atoms with Gasteiger partial charge in [0.25, 0.3) is 5.91 Å². The molecule has 14 heavy (non-hydrogen) atoms. The molecule has 2 heterocycles. The van der Waals surface area contributed by atoms with Crippen molar-refractivity contribution in [3.63, 3.8) is 0 Å². The van der Waals surface area contributed by atoms with Gasteiger partial charge in [-0.05, 0) is 12.1 Å². The Morgan fingerprint density at radius 1 is 1.64 bits per heavy atom. The fourth-order valence-corrected chi connectivity index (χ4v) is 1.37. The van der Waals surface area contributed by atoms with Gasteiger partial charge in [-0.15, -0.1) is 0 Å². The lowest BCUT2D eigenvalue weighted by Crippen LogP contribution is -2.30. The molecule has 0 bridgehead atoms. The number of aromatic nitrogens is 2. The van der Waals surface area contributed by atoms with Crippen LogP contribution in [-0.4, -0.2) is 15.3 Å². The van der Waals surface area contributed by atoms with E-state index >= 15 is 0 Å². The highest BCUT2D eigenvalue weighted by atomic mass is 35.5. The normalized spacial score (nSPS) is 10.4. The lowest BCUT2D eigenvalue weighted by Gasteiger charge is -1.91. The highest BCUT2D eigenvalue weighted by Gasteiger charge is 2.10. The maximum atomic E-state index is 11.1. The summed E-state index contributed by atoms with van der Waals surface area (Å²) in [5, 5.41) is 0.489. The molecule has 2 aromatic heterocycles. The summed E-state index contributed by atoms with van der Waals surface area (Å²) in [6.07, 6.45) is 3.31. The van der Waals surface area contributed by atoms with E-state index in [2.05, 4.69) is 4.98 Å². The van der Waals surface area contributed by atoms with E-state index in [0.29, 0.717) is 10.7 Å². The Hall–Kier alpha value is -1.59. The third-order valence-corrected chi connectivity index (χ3v) is 2.09. The molecule has 0 fully saturated rings. The van der Waals surface area contributed by atoms with Gasteiger partial charge in [0.05, 0.1) is 5.02 Å². The van der Waals surface area contributed by atoms with Crippen molar-refractivity contribution in [3.8, 4) is 0 Å². The van der Waals surface area contributed by atoms with Crippen LogP contribution in [0.2, 0.25) is 5.02 Å². The third-order valence-electron chi connectivity index (χ3n) is 1.80. The van der Waals surface area contributed by atoms with E-state index in [-0.39, 0.29) is 5.69 Å². The summed E-state index contributed by atoms with van der Waals surface area (Å²) in [4.78, 5) is 15.2. The Labute approximate surface area is 84.5 Å². The number of hydrazine groups is 1. The van der Waals surface area contributed by atoms with Crippen LogP contribution >= 0.6 is 11.6 Å². The molecule has 0 saturated carbocycles. The fourth-order valence-electron chi connectivity index (χ4n) is 1.16. The van der Waals surface area contributed by atoms with Gasteiger partial charge >= 0.3 is 0 Å². The van der Waals surface area contributed by atoms with Gasteiger partial charge in [0.2, 0.25) is 0 Å². The second-order valence-electron chi connectivity index (χ2n) is 2.69. The minimum Gasteiger partial charge on any atom is -0.305 e. The summed E-state index contributed by atoms with van der Waals surface area (Å²) in [6.45, 7) is 0.